The van der Waals surface area contributed by atoms with E-state index in [2.05, 4.69) is 12.2 Å². The molecule has 0 saturated heterocycles. The Kier molecular flexibility index (Phi) is 5.81. The van der Waals surface area contributed by atoms with Crippen LogP contribution in [-0.4, -0.2) is 18.0 Å². The minimum absolute atomic E-state index is 0.109. The van der Waals surface area contributed by atoms with E-state index in [1.54, 1.807) is 0 Å². The van der Waals surface area contributed by atoms with Gasteiger partial charge in [0.05, 0.1) is 0 Å². The van der Waals surface area contributed by atoms with Crippen molar-refractivity contribution in [1.82, 2.24) is 5.32 Å². The van der Waals surface area contributed by atoms with Crippen molar-refractivity contribution < 1.29 is 14.3 Å². The smallest absolute Gasteiger partial charge is 0.408 e. The van der Waals surface area contributed by atoms with Crippen molar-refractivity contribution in [1.29, 1.82) is 0 Å². The van der Waals surface area contributed by atoms with Crippen molar-refractivity contribution in [3.8, 4) is 0 Å². The predicted octanol–water partition coefficient (Wildman–Crippen LogP) is 2.59. The summed E-state index contributed by atoms with van der Waals surface area (Å²) in [6.45, 7) is 2.39. The van der Waals surface area contributed by atoms with E-state index in [9.17, 15) is 9.59 Å². The molecule has 1 saturated carbocycles. The van der Waals surface area contributed by atoms with Gasteiger partial charge in [-0.25, -0.2) is 4.79 Å². The molecule has 0 aliphatic heterocycles. The zero-order valence-corrected chi connectivity index (χ0v) is 13.0. The Bertz CT molecular complexity index is 496. The zero-order valence-electron chi connectivity index (χ0n) is 13.0. The first-order chi connectivity index (χ1) is 10.6. The number of carbonyl (C=O) groups is 2. The van der Waals surface area contributed by atoms with Gasteiger partial charge in [-0.05, 0) is 30.2 Å². The number of primary amides is 1. The monoisotopic (exact) mass is 304 g/mol. The van der Waals surface area contributed by atoms with Gasteiger partial charge in [0.15, 0.2) is 0 Å². The van der Waals surface area contributed by atoms with Gasteiger partial charge in [-0.1, -0.05) is 50.1 Å². The molecule has 3 N–H and O–H groups in total. The van der Waals surface area contributed by atoms with E-state index in [0.29, 0.717) is 5.92 Å². The fourth-order valence-electron chi connectivity index (χ4n) is 2.93. The van der Waals surface area contributed by atoms with Crippen LogP contribution in [-0.2, 0) is 16.1 Å². The summed E-state index contributed by atoms with van der Waals surface area (Å²) in [6.07, 6.45) is 3.36. The highest BCUT2D eigenvalue weighted by Crippen LogP contribution is 2.30. The molecule has 0 bridgehead atoms. The minimum Gasteiger partial charge on any atom is -0.445 e. The maximum Gasteiger partial charge on any atom is 0.408 e. The number of benzene rings is 1. The topological polar surface area (TPSA) is 81.4 Å². The third-order valence-corrected chi connectivity index (χ3v) is 4.32. The molecule has 0 spiro atoms. The molecule has 0 aromatic heterocycles. The van der Waals surface area contributed by atoms with Crippen LogP contribution >= 0.6 is 0 Å². The Morgan fingerprint density at radius 1 is 1.23 bits per heavy atom. The van der Waals surface area contributed by atoms with Crippen molar-refractivity contribution >= 4 is 12.0 Å². The van der Waals surface area contributed by atoms with E-state index >= 15 is 0 Å². The quantitative estimate of drug-likeness (QED) is 0.877. The van der Waals surface area contributed by atoms with Gasteiger partial charge >= 0.3 is 6.09 Å². The van der Waals surface area contributed by atoms with Crippen LogP contribution in [0.5, 0.6) is 0 Å². The highest BCUT2D eigenvalue weighted by Gasteiger charge is 2.31. The average molecular weight is 304 g/mol. The number of rotatable bonds is 5. The van der Waals surface area contributed by atoms with Crippen molar-refractivity contribution in [2.75, 3.05) is 0 Å². The minimum atomic E-state index is -0.643. The lowest BCUT2D eigenvalue weighted by atomic mass is 9.79. The fraction of sp³-hybridized carbons (Fsp3) is 0.529. The van der Waals surface area contributed by atoms with Crippen LogP contribution in [0.25, 0.3) is 0 Å². The van der Waals surface area contributed by atoms with E-state index < -0.39 is 18.0 Å². The standard InChI is InChI=1S/C17H24N2O3/c1-12-7-9-14(10-8-12)15(16(18)20)19-17(21)22-11-13-5-3-2-4-6-13/h2-6,12,14-15H,7-11H2,1H3,(H2,18,20)(H,19,21). The van der Waals surface area contributed by atoms with Gasteiger partial charge < -0.3 is 15.8 Å². The number of alkyl carbamates (subject to hydrolysis) is 1. The van der Waals surface area contributed by atoms with Crippen LogP contribution < -0.4 is 11.1 Å². The van der Waals surface area contributed by atoms with Gasteiger partial charge in [0.25, 0.3) is 0 Å². The summed E-state index contributed by atoms with van der Waals surface area (Å²) in [5, 5.41) is 2.64. The Morgan fingerprint density at radius 2 is 1.86 bits per heavy atom. The third-order valence-electron chi connectivity index (χ3n) is 4.32. The molecule has 22 heavy (non-hydrogen) atoms. The predicted molar refractivity (Wildman–Crippen MR) is 83.9 cm³/mol. The molecule has 2 rings (SSSR count). The van der Waals surface area contributed by atoms with Crippen LogP contribution in [0.1, 0.15) is 38.2 Å². The molecule has 1 fully saturated rings. The summed E-state index contributed by atoms with van der Waals surface area (Å²) in [5.41, 5.74) is 6.35. The summed E-state index contributed by atoms with van der Waals surface area (Å²) in [5.74, 6) is 0.295. The Morgan fingerprint density at radius 3 is 2.45 bits per heavy atom. The SMILES string of the molecule is CC1CCC(C(NC(=O)OCc2ccccc2)C(N)=O)CC1. The lowest BCUT2D eigenvalue weighted by molar-refractivity contribution is -0.121. The van der Waals surface area contributed by atoms with Gasteiger partial charge in [-0.15, -0.1) is 0 Å². The molecule has 1 aromatic rings. The van der Waals surface area contributed by atoms with Crippen LogP contribution in [0.15, 0.2) is 30.3 Å². The molecule has 1 aromatic carbocycles. The Labute approximate surface area is 131 Å². The second-order valence-corrected chi connectivity index (χ2v) is 6.11. The molecular weight excluding hydrogens is 280 g/mol. The number of hydrogen-bond donors (Lipinski definition) is 2. The second-order valence-electron chi connectivity index (χ2n) is 6.11. The lowest BCUT2D eigenvalue weighted by Crippen LogP contribution is -2.50. The largest absolute Gasteiger partial charge is 0.445 e. The molecule has 2 amide bonds. The van der Waals surface area contributed by atoms with Gasteiger partial charge in [0.1, 0.15) is 12.6 Å². The first-order valence-electron chi connectivity index (χ1n) is 7.82. The number of ether oxygens (including phenoxy) is 1. The van der Waals surface area contributed by atoms with E-state index in [4.69, 9.17) is 10.5 Å². The average Bonchev–Trinajstić information content (AvgIpc) is 2.52. The molecule has 120 valence electrons. The molecule has 5 heteroatoms. The van der Waals surface area contributed by atoms with Crippen molar-refractivity contribution in [2.45, 2.75) is 45.3 Å². The number of amides is 2. The van der Waals surface area contributed by atoms with Crippen molar-refractivity contribution in [3.05, 3.63) is 35.9 Å². The summed E-state index contributed by atoms with van der Waals surface area (Å²) < 4.78 is 5.16. The molecule has 1 aliphatic rings. The maximum absolute atomic E-state index is 11.9. The van der Waals surface area contributed by atoms with Gasteiger partial charge in [-0.3, -0.25) is 4.79 Å². The van der Waals surface area contributed by atoms with Gasteiger partial charge in [0.2, 0.25) is 5.91 Å². The normalized spacial score (nSPS) is 22.6. The van der Waals surface area contributed by atoms with Gasteiger partial charge in [-0.2, -0.15) is 0 Å². The van der Waals surface area contributed by atoms with E-state index in [0.717, 1.165) is 31.2 Å². The summed E-state index contributed by atoms with van der Waals surface area (Å²) in [4.78, 5) is 23.5. The summed E-state index contributed by atoms with van der Waals surface area (Å²) >= 11 is 0. The zero-order chi connectivity index (χ0) is 15.9. The van der Waals surface area contributed by atoms with E-state index in [-0.39, 0.29) is 12.5 Å². The Balaban J connectivity index is 1.85. The van der Waals surface area contributed by atoms with Crippen LogP contribution in [0, 0.1) is 11.8 Å². The highest BCUT2D eigenvalue weighted by atomic mass is 16.5. The first-order valence-corrected chi connectivity index (χ1v) is 7.82. The highest BCUT2D eigenvalue weighted by molar-refractivity contribution is 5.84. The summed E-state index contributed by atoms with van der Waals surface area (Å²) in [6, 6.07) is 8.77. The number of nitrogens with two attached hydrogens (primary N) is 1. The number of nitrogens with one attached hydrogen (secondary N) is 1. The van der Waals surface area contributed by atoms with Crippen LogP contribution in [0.3, 0.4) is 0 Å². The van der Waals surface area contributed by atoms with E-state index in [1.807, 2.05) is 30.3 Å². The first kappa shape index (κ1) is 16.3. The van der Waals surface area contributed by atoms with Gasteiger partial charge in [0, 0.05) is 0 Å². The molecule has 0 heterocycles. The second kappa shape index (κ2) is 7.82. The number of hydrogen-bond acceptors (Lipinski definition) is 3. The molecular formula is C17H24N2O3. The molecule has 0 radical (unpaired) electrons. The summed E-state index contributed by atoms with van der Waals surface area (Å²) in [7, 11) is 0. The van der Waals surface area contributed by atoms with Crippen LogP contribution in [0.4, 0.5) is 4.79 Å². The number of carbonyl (C=O) groups excluding carboxylic acids is 2. The fourth-order valence-corrected chi connectivity index (χ4v) is 2.93. The van der Waals surface area contributed by atoms with Crippen LogP contribution in [0.2, 0.25) is 0 Å². The molecule has 1 aliphatic carbocycles. The van der Waals surface area contributed by atoms with Crippen molar-refractivity contribution in [2.24, 2.45) is 17.6 Å². The molecule has 1 atom stereocenters. The Hall–Kier alpha value is -2.04. The maximum atomic E-state index is 11.9. The van der Waals surface area contributed by atoms with Crippen molar-refractivity contribution in [3.63, 3.8) is 0 Å². The molecule has 5 nitrogen and oxygen atoms in total. The lowest BCUT2D eigenvalue weighted by Gasteiger charge is -2.31. The molecule has 1 unspecified atom stereocenters. The third kappa shape index (κ3) is 4.76. The van der Waals surface area contributed by atoms with E-state index in [1.165, 1.54) is 0 Å².